The summed E-state index contributed by atoms with van der Waals surface area (Å²) in [4.78, 5) is 33.4. The van der Waals surface area contributed by atoms with Crippen molar-refractivity contribution in [2.75, 3.05) is 11.9 Å². The van der Waals surface area contributed by atoms with E-state index in [1.807, 2.05) is 0 Å². The zero-order chi connectivity index (χ0) is 27.7. The number of alkyl halides is 3. The standard InChI is InChI=1S/C24H30F3N7O4/c1-23(2,37)12-38-16-7-4-14(5-8-16)30-18(35)11-34-13-29-19-20(22(34)36)33(3)32-21(19)31-15-6-9-17(28-10-15)24(25,26)27/h6,9-10,13-14,16,37H,4-5,7-8,11-12H2,1-3H3,(H,30,35)(H,31,32). The van der Waals surface area contributed by atoms with Crippen molar-refractivity contribution in [2.24, 2.45) is 7.05 Å². The molecule has 1 saturated carbocycles. The van der Waals surface area contributed by atoms with Crippen molar-refractivity contribution in [1.29, 1.82) is 0 Å². The second-order valence-corrected chi connectivity index (χ2v) is 10.1. The first-order valence-electron chi connectivity index (χ1n) is 12.2. The molecule has 1 aliphatic carbocycles. The van der Waals surface area contributed by atoms with E-state index in [0.717, 1.165) is 37.9 Å². The summed E-state index contributed by atoms with van der Waals surface area (Å²) >= 11 is 0. The van der Waals surface area contributed by atoms with E-state index in [-0.39, 0.29) is 53.7 Å². The number of hydrogen-bond donors (Lipinski definition) is 3. The normalized spacial score (nSPS) is 18.5. The fourth-order valence-corrected chi connectivity index (χ4v) is 4.28. The lowest BCUT2D eigenvalue weighted by Gasteiger charge is -2.30. The second kappa shape index (κ2) is 10.7. The van der Waals surface area contributed by atoms with Gasteiger partial charge in [0.15, 0.2) is 11.3 Å². The number of aryl methyl sites for hydroxylation is 1. The highest BCUT2D eigenvalue weighted by Crippen LogP contribution is 2.29. The molecule has 0 aromatic carbocycles. The molecule has 0 atom stereocenters. The van der Waals surface area contributed by atoms with Crippen molar-refractivity contribution in [3.8, 4) is 0 Å². The molecule has 38 heavy (non-hydrogen) atoms. The lowest BCUT2D eigenvalue weighted by Crippen LogP contribution is -2.42. The van der Waals surface area contributed by atoms with Crippen LogP contribution in [0.15, 0.2) is 29.5 Å². The van der Waals surface area contributed by atoms with Gasteiger partial charge in [0.05, 0.1) is 36.5 Å². The monoisotopic (exact) mass is 537 g/mol. The van der Waals surface area contributed by atoms with Gasteiger partial charge in [0.1, 0.15) is 17.8 Å². The number of aromatic nitrogens is 5. The number of fused-ring (bicyclic) bond motifs is 1. The largest absolute Gasteiger partial charge is 0.433 e. The number of rotatable bonds is 8. The Kier molecular flexibility index (Phi) is 7.74. The summed E-state index contributed by atoms with van der Waals surface area (Å²) in [5, 5.41) is 19.8. The third-order valence-corrected chi connectivity index (χ3v) is 6.15. The third kappa shape index (κ3) is 6.67. The maximum atomic E-state index is 13.1. The summed E-state index contributed by atoms with van der Waals surface area (Å²) in [6.07, 6.45) is 0.705. The van der Waals surface area contributed by atoms with Crippen molar-refractivity contribution < 1.29 is 27.8 Å². The molecule has 11 nitrogen and oxygen atoms in total. The van der Waals surface area contributed by atoms with Crippen LogP contribution in [0.5, 0.6) is 0 Å². The van der Waals surface area contributed by atoms with Gasteiger partial charge in [-0.05, 0) is 51.7 Å². The maximum Gasteiger partial charge on any atom is 0.433 e. The van der Waals surface area contributed by atoms with E-state index in [0.29, 0.717) is 0 Å². The molecule has 4 rings (SSSR count). The Morgan fingerprint density at radius 3 is 2.50 bits per heavy atom. The molecule has 0 spiro atoms. The summed E-state index contributed by atoms with van der Waals surface area (Å²) in [6, 6.07) is 2.00. The summed E-state index contributed by atoms with van der Waals surface area (Å²) in [7, 11) is 1.53. The molecule has 0 bridgehead atoms. The van der Waals surface area contributed by atoms with Gasteiger partial charge in [0.25, 0.3) is 5.56 Å². The smallest absolute Gasteiger partial charge is 0.388 e. The highest BCUT2D eigenvalue weighted by atomic mass is 19.4. The van der Waals surface area contributed by atoms with Crippen LogP contribution >= 0.6 is 0 Å². The number of carbonyl (C=O) groups is 1. The van der Waals surface area contributed by atoms with Crippen LogP contribution in [0.25, 0.3) is 11.0 Å². The zero-order valence-corrected chi connectivity index (χ0v) is 21.2. The predicted octanol–water partition coefficient (Wildman–Crippen LogP) is 2.50. The van der Waals surface area contributed by atoms with E-state index >= 15 is 0 Å². The fourth-order valence-electron chi connectivity index (χ4n) is 4.28. The van der Waals surface area contributed by atoms with Crippen LogP contribution in [0.3, 0.4) is 0 Å². The first-order chi connectivity index (χ1) is 17.8. The van der Waals surface area contributed by atoms with Gasteiger partial charge < -0.3 is 20.5 Å². The number of ether oxygens (including phenoxy) is 1. The Morgan fingerprint density at radius 2 is 1.89 bits per heavy atom. The highest BCUT2D eigenvalue weighted by molar-refractivity contribution is 5.87. The van der Waals surface area contributed by atoms with Gasteiger partial charge >= 0.3 is 6.18 Å². The number of pyridine rings is 1. The highest BCUT2D eigenvalue weighted by Gasteiger charge is 2.32. The average molecular weight is 538 g/mol. The van der Waals surface area contributed by atoms with Gasteiger partial charge in [-0.15, -0.1) is 0 Å². The van der Waals surface area contributed by atoms with Crippen LogP contribution in [0, 0.1) is 0 Å². The molecule has 206 valence electrons. The molecule has 3 aromatic heterocycles. The maximum absolute atomic E-state index is 13.1. The Bertz CT molecular complexity index is 1340. The Morgan fingerprint density at radius 1 is 1.18 bits per heavy atom. The van der Waals surface area contributed by atoms with Crippen molar-refractivity contribution >= 4 is 28.4 Å². The summed E-state index contributed by atoms with van der Waals surface area (Å²) in [5.41, 5.74) is -1.82. The van der Waals surface area contributed by atoms with Crippen molar-refractivity contribution in [2.45, 2.75) is 70.0 Å². The second-order valence-electron chi connectivity index (χ2n) is 10.1. The van der Waals surface area contributed by atoms with Gasteiger partial charge in [-0.3, -0.25) is 18.8 Å². The first-order valence-corrected chi connectivity index (χ1v) is 12.2. The third-order valence-electron chi connectivity index (χ3n) is 6.15. The Hall–Kier alpha value is -3.52. The molecule has 0 saturated heterocycles. The SMILES string of the molecule is Cn1nc(Nc2ccc(C(F)(F)F)nc2)c2ncn(CC(=O)NC3CCC(OCC(C)(C)O)CC3)c(=O)c21. The molecular formula is C24H30F3N7O4. The van der Waals surface area contributed by atoms with Crippen LogP contribution in [0.4, 0.5) is 24.7 Å². The number of nitrogens with one attached hydrogen (secondary N) is 2. The summed E-state index contributed by atoms with van der Waals surface area (Å²) in [6.45, 7) is 3.40. The van der Waals surface area contributed by atoms with Crippen molar-refractivity contribution in [3.05, 3.63) is 40.7 Å². The molecular weight excluding hydrogens is 507 g/mol. The van der Waals surface area contributed by atoms with Crippen LogP contribution in [-0.4, -0.2) is 59.7 Å². The van der Waals surface area contributed by atoms with Crippen LogP contribution in [0.2, 0.25) is 0 Å². The van der Waals surface area contributed by atoms with Crippen LogP contribution in [-0.2, 0) is 29.3 Å². The van der Waals surface area contributed by atoms with Gasteiger partial charge in [0.2, 0.25) is 5.91 Å². The Labute approximate surface area is 216 Å². The number of aliphatic hydroxyl groups is 1. The number of halogens is 3. The van der Waals surface area contributed by atoms with Gasteiger partial charge in [0, 0.05) is 13.1 Å². The molecule has 3 aromatic rings. The number of nitrogens with zero attached hydrogens (tertiary/aromatic N) is 5. The fraction of sp³-hybridized carbons (Fsp3) is 0.542. The molecule has 0 radical (unpaired) electrons. The predicted molar refractivity (Wildman–Crippen MR) is 132 cm³/mol. The average Bonchev–Trinajstić information content (AvgIpc) is 3.15. The minimum absolute atomic E-state index is 0.0369. The van der Waals surface area contributed by atoms with Crippen LogP contribution in [0.1, 0.15) is 45.2 Å². The first kappa shape index (κ1) is 27.5. The number of hydrogen-bond acceptors (Lipinski definition) is 8. The quantitative estimate of drug-likeness (QED) is 0.399. The van der Waals surface area contributed by atoms with Gasteiger partial charge in [-0.1, -0.05) is 0 Å². The van der Waals surface area contributed by atoms with Crippen molar-refractivity contribution in [1.82, 2.24) is 29.6 Å². The Balaban J connectivity index is 1.38. The molecule has 1 fully saturated rings. The van der Waals surface area contributed by atoms with E-state index in [2.05, 4.69) is 25.7 Å². The molecule has 1 aliphatic rings. The van der Waals surface area contributed by atoms with E-state index in [4.69, 9.17) is 4.74 Å². The number of carbonyl (C=O) groups excluding carboxylic acids is 1. The molecule has 1 amide bonds. The molecule has 0 unspecified atom stereocenters. The lowest BCUT2D eigenvalue weighted by molar-refractivity contribution is -0.141. The van der Waals surface area contributed by atoms with E-state index in [9.17, 15) is 27.9 Å². The minimum Gasteiger partial charge on any atom is -0.388 e. The number of amides is 1. The molecule has 0 aliphatic heterocycles. The molecule has 3 N–H and O–H groups in total. The van der Waals surface area contributed by atoms with Gasteiger partial charge in [-0.25, -0.2) is 9.97 Å². The summed E-state index contributed by atoms with van der Waals surface area (Å²) < 4.78 is 46.5. The van der Waals surface area contributed by atoms with Crippen molar-refractivity contribution in [3.63, 3.8) is 0 Å². The van der Waals surface area contributed by atoms with Crippen LogP contribution < -0.4 is 16.2 Å². The van der Waals surface area contributed by atoms with E-state index in [1.165, 1.54) is 28.7 Å². The lowest BCUT2D eigenvalue weighted by atomic mass is 9.93. The topological polar surface area (TPSA) is 136 Å². The number of anilines is 2. The zero-order valence-electron chi connectivity index (χ0n) is 21.2. The van der Waals surface area contributed by atoms with E-state index in [1.54, 1.807) is 13.8 Å². The van der Waals surface area contributed by atoms with Gasteiger partial charge in [-0.2, -0.15) is 18.3 Å². The molecule has 3 heterocycles. The van der Waals surface area contributed by atoms with E-state index < -0.39 is 23.0 Å². The summed E-state index contributed by atoms with van der Waals surface area (Å²) in [5.74, 6) is -0.160. The molecule has 14 heteroatoms. The minimum atomic E-state index is -4.55.